The van der Waals surface area contributed by atoms with Crippen LogP contribution in [0.2, 0.25) is 0 Å². The lowest BCUT2D eigenvalue weighted by molar-refractivity contribution is -0.129. The zero-order chi connectivity index (χ0) is 19.0. The van der Waals surface area contributed by atoms with Gasteiger partial charge in [0.1, 0.15) is 11.3 Å². The molecule has 1 saturated heterocycles. The number of aromatic nitrogens is 3. The topological polar surface area (TPSA) is 88.2 Å². The van der Waals surface area contributed by atoms with Crippen LogP contribution < -0.4 is 10.6 Å². The highest BCUT2D eigenvalue weighted by Gasteiger charge is 2.22. The van der Waals surface area contributed by atoms with E-state index in [0.29, 0.717) is 48.7 Å². The SMILES string of the molecule is CC(=O)N1CCN(c2nc(N)nc3ccc(-c4ccc(F)cc4)nc23)CC1. The molecule has 1 aliphatic rings. The summed E-state index contributed by atoms with van der Waals surface area (Å²) in [5.41, 5.74) is 8.70. The summed E-state index contributed by atoms with van der Waals surface area (Å²) in [5.74, 6) is 0.616. The normalized spacial score (nSPS) is 14.6. The van der Waals surface area contributed by atoms with E-state index in [0.717, 1.165) is 5.56 Å². The van der Waals surface area contributed by atoms with Crippen molar-refractivity contribution in [3.8, 4) is 11.3 Å². The zero-order valence-corrected chi connectivity index (χ0v) is 14.9. The Balaban J connectivity index is 1.74. The number of hydrogen-bond acceptors (Lipinski definition) is 6. The van der Waals surface area contributed by atoms with Crippen molar-refractivity contribution in [1.29, 1.82) is 0 Å². The Kier molecular flexibility index (Phi) is 4.31. The Morgan fingerprint density at radius 1 is 1.00 bits per heavy atom. The molecule has 1 aromatic carbocycles. The number of nitrogens with two attached hydrogens (primary N) is 1. The Labute approximate surface area is 155 Å². The molecule has 2 N–H and O–H groups in total. The van der Waals surface area contributed by atoms with Gasteiger partial charge in [0, 0.05) is 38.7 Å². The molecular weight excluding hydrogens is 347 g/mol. The molecule has 0 atom stereocenters. The molecule has 1 fully saturated rings. The van der Waals surface area contributed by atoms with Crippen LogP contribution in [0.25, 0.3) is 22.3 Å². The van der Waals surface area contributed by atoms with Crippen LogP contribution in [0.1, 0.15) is 6.92 Å². The van der Waals surface area contributed by atoms with Crippen LogP contribution in [-0.4, -0.2) is 51.9 Å². The lowest BCUT2D eigenvalue weighted by Crippen LogP contribution is -2.48. The summed E-state index contributed by atoms with van der Waals surface area (Å²) in [7, 11) is 0. The minimum atomic E-state index is -0.292. The number of hydrogen-bond donors (Lipinski definition) is 1. The monoisotopic (exact) mass is 366 g/mol. The highest BCUT2D eigenvalue weighted by Crippen LogP contribution is 2.27. The Morgan fingerprint density at radius 2 is 1.70 bits per heavy atom. The molecule has 0 saturated carbocycles. The Morgan fingerprint density at radius 3 is 2.37 bits per heavy atom. The number of rotatable bonds is 2. The largest absolute Gasteiger partial charge is 0.368 e. The average Bonchev–Trinajstić information content (AvgIpc) is 2.68. The minimum Gasteiger partial charge on any atom is -0.368 e. The second-order valence-corrected chi connectivity index (χ2v) is 6.47. The summed E-state index contributed by atoms with van der Waals surface area (Å²) in [5, 5.41) is 0. The van der Waals surface area contributed by atoms with E-state index in [-0.39, 0.29) is 17.7 Å². The van der Waals surface area contributed by atoms with E-state index in [1.54, 1.807) is 24.0 Å². The second-order valence-electron chi connectivity index (χ2n) is 6.47. The summed E-state index contributed by atoms with van der Waals surface area (Å²) in [6, 6.07) is 9.86. The van der Waals surface area contributed by atoms with Gasteiger partial charge in [-0.2, -0.15) is 4.98 Å². The molecule has 3 heterocycles. The van der Waals surface area contributed by atoms with Gasteiger partial charge in [-0.25, -0.2) is 14.4 Å². The molecule has 1 amide bonds. The number of halogens is 1. The van der Waals surface area contributed by atoms with Crippen molar-refractivity contribution in [3.63, 3.8) is 0 Å². The molecular formula is C19H19FN6O. The van der Waals surface area contributed by atoms with Gasteiger partial charge in [-0.1, -0.05) is 0 Å². The molecule has 1 aliphatic heterocycles. The molecule has 0 bridgehead atoms. The molecule has 3 aromatic rings. The fourth-order valence-electron chi connectivity index (χ4n) is 3.25. The maximum absolute atomic E-state index is 13.2. The predicted molar refractivity (Wildman–Crippen MR) is 102 cm³/mol. The first-order valence-electron chi connectivity index (χ1n) is 8.72. The van der Waals surface area contributed by atoms with Gasteiger partial charge in [-0.05, 0) is 36.4 Å². The van der Waals surface area contributed by atoms with Crippen molar-refractivity contribution in [3.05, 3.63) is 42.2 Å². The summed E-state index contributed by atoms with van der Waals surface area (Å²) in [4.78, 5) is 28.8. The quantitative estimate of drug-likeness (QED) is 0.747. The van der Waals surface area contributed by atoms with Gasteiger partial charge in [0.15, 0.2) is 5.82 Å². The number of pyridine rings is 1. The van der Waals surface area contributed by atoms with Crippen molar-refractivity contribution in [2.24, 2.45) is 0 Å². The Hall–Kier alpha value is -3.29. The van der Waals surface area contributed by atoms with Crippen LogP contribution >= 0.6 is 0 Å². The number of fused-ring (bicyclic) bond motifs is 1. The number of carbonyl (C=O) groups is 1. The average molecular weight is 366 g/mol. The van der Waals surface area contributed by atoms with E-state index in [1.165, 1.54) is 12.1 Å². The molecule has 138 valence electrons. The third-order valence-electron chi connectivity index (χ3n) is 4.71. The molecule has 0 aliphatic carbocycles. The first-order valence-corrected chi connectivity index (χ1v) is 8.72. The zero-order valence-electron chi connectivity index (χ0n) is 14.9. The highest BCUT2D eigenvalue weighted by atomic mass is 19.1. The predicted octanol–water partition coefficient (Wildman–Crippen LogP) is 2.08. The van der Waals surface area contributed by atoms with Gasteiger partial charge in [-0.3, -0.25) is 4.79 Å². The first-order chi connectivity index (χ1) is 13.0. The van der Waals surface area contributed by atoms with E-state index in [2.05, 4.69) is 14.9 Å². The fraction of sp³-hybridized carbons (Fsp3) is 0.263. The van der Waals surface area contributed by atoms with Crippen molar-refractivity contribution in [2.75, 3.05) is 36.8 Å². The number of anilines is 2. The summed E-state index contributed by atoms with van der Waals surface area (Å²) in [6.45, 7) is 4.11. The molecule has 0 spiro atoms. The molecule has 4 rings (SSSR count). The van der Waals surface area contributed by atoms with Crippen LogP contribution in [0.5, 0.6) is 0 Å². The van der Waals surface area contributed by atoms with Crippen LogP contribution in [-0.2, 0) is 4.79 Å². The van der Waals surface area contributed by atoms with E-state index in [1.807, 2.05) is 12.1 Å². The number of amides is 1. The lowest BCUT2D eigenvalue weighted by atomic mass is 10.1. The van der Waals surface area contributed by atoms with E-state index in [4.69, 9.17) is 10.7 Å². The number of benzene rings is 1. The molecule has 0 unspecified atom stereocenters. The van der Waals surface area contributed by atoms with Crippen molar-refractivity contribution in [2.45, 2.75) is 6.92 Å². The maximum atomic E-state index is 13.2. The standard InChI is InChI=1S/C19H19FN6O/c1-12(27)25-8-10-26(11-9-25)18-17-16(23-19(21)24-18)7-6-15(22-17)13-2-4-14(20)5-3-13/h2-7H,8-11H2,1H3,(H2,21,23,24). The third-order valence-corrected chi connectivity index (χ3v) is 4.71. The van der Waals surface area contributed by atoms with Gasteiger partial charge in [-0.15, -0.1) is 0 Å². The van der Waals surface area contributed by atoms with E-state index >= 15 is 0 Å². The maximum Gasteiger partial charge on any atom is 0.222 e. The summed E-state index contributed by atoms with van der Waals surface area (Å²) < 4.78 is 13.2. The van der Waals surface area contributed by atoms with Crippen molar-refractivity contribution >= 4 is 28.7 Å². The minimum absolute atomic E-state index is 0.0680. The van der Waals surface area contributed by atoms with Crippen LogP contribution in [0.15, 0.2) is 36.4 Å². The summed E-state index contributed by atoms with van der Waals surface area (Å²) in [6.07, 6.45) is 0. The first kappa shape index (κ1) is 17.1. The van der Waals surface area contributed by atoms with Gasteiger partial charge in [0.05, 0.1) is 11.2 Å². The Bertz CT molecular complexity index is 999. The van der Waals surface area contributed by atoms with Gasteiger partial charge < -0.3 is 15.5 Å². The van der Waals surface area contributed by atoms with E-state index in [9.17, 15) is 9.18 Å². The van der Waals surface area contributed by atoms with Crippen LogP contribution in [0, 0.1) is 5.82 Å². The molecule has 2 aromatic heterocycles. The smallest absolute Gasteiger partial charge is 0.222 e. The highest BCUT2D eigenvalue weighted by molar-refractivity contribution is 5.88. The summed E-state index contributed by atoms with van der Waals surface area (Å²) >= 11 is 0. The number of piperazine rings is 1. The molecule has 8 heteroatoms. The van der Waals surface area contributed by atoms with Gasteiger partial charge in [0.2, 0.25) is 11.9 Å². The van der Waals surface area contributed by atoms with Crippen LogP contribution in [0.3, 0.4) is 0 Å². The van der Waals surface area contributed by atoms with Crippen LogP contribution in [0.4, 0.5) is 16.2 Å². The molecule has 0 radical (unpaired) electrons. The number of nitrogens with zero attached hydrogens (tertiary/aromatic N) is 5. The third kappa shape index (κ3) is 3.38. The molecule has 7 nitrogen and oxygen atoms in total. The van der Waals surface area contributed by atoms with Gasteiger partial charge in [0.25, 0.3) is 0 Å². The fourth-order valence-corrected chi connectivity index (χ4v) is 3.25. The molecule has 27 heavy (non-hydrogen) atoms. The van der Waals surface area contributed by atoms with E-state index < -0.39 is 0 Å². The van der Waals surface area contributed by atoms with Gasteiger partial charge >= 0.3 is 0 Å². The van der Waals surface area contributed by atoms with Crippen molar-refractivity contribution in [1.82, 2.24) is 19.9 Å². The number of carbonyl (C=O) groups excluding carboxylic acids is 1. The second kappa shape index (κ2) is 6.79. The lowest BCUT2D eigenvalue weighted by Gasteiger charge is -2.35. The number of nitrogen functional groups attached to an aromatic ring is 1. The van der Waals surface area contributed by atoms with Crippen molar-refractivity contribution < 1.29 is 9.18 Å².